The Labute approximate surface area is 140 Å². The quantitative estimate of drug-likeness (QED) is 0.504. The van der Waals surface area contributed by atoms with Crippen molar-refractivity contribution in [3.63, 3.8) is 0 Å². The first kappa shape index (κ1) is 16.3. The number of alkyl halides is 2. The highest BCUT2D eigenvalue weighted by Crippen LogP contribution is 2.70. The van der Waals surface area contributed by atoms with E-state index >= 15 is 8.78 Å². The standard InChI is InChI=1S/C21H34F2/c1-4-14-8-9-16-18-17(10-12-20(14,16)3)19(2)11-6-5-7-15(19)13-21(18,22)23/h14-18H,4-13H2,1-3H3. The summed E-state index contributed by atoms with van der Waals surface area (Å²) in [5.74, 6) is -1.22. The Hall–Kier alpha value is -0.140. The van der Waals surface area contributed by atoms with E-state index in [4.69, 9.17) is 0 Å². The van der Waals surface area contributed by atoms with Crippen LogP contribution in [0.2, 0.25) is 0 Å². The van der Waals surface area contributed by atoms with E-state index in [-0.39, 0.29) is 40.9 Å². The highest BCUT2D eigenvalue weighted by atomic mass is 19.3. The van der Waals surface area contributed by atoms with E-state index in [2.05, 4.69) is 20.8 Å². The summed E-state index contributed by atoms with van der Waals surface area (Å²) in [5.41, 5.74) is 0.396. The van der Waals surface area contributed by atoms with Crippen LogP contribution >= 0.6 is 0 Å². The predicted octanol–water partition coefficient (Wildman–Crippen LogP) is 6.69. The van der Waals surface area contributed by atoms with E-state index in [0.717, 1.165) is 19.3 Å². The van der Waals surface area contributed by atoms with E-state index in [9.17, 15) is 0 Å². The van der Waals surface area contributed by atoms with Crippen LogP contribution in [0.15, 0.2) is 0 Å². The van der Waals surface area contributed by atoms with Gasteiger partial charge in [-0.05, 0) is 73.0 Å². The molecule has 4 saturated carbocycles. The SMILES string of the molecule is CCC1CCC2C3C(CCC12C)C1(C)CCCCC1CC3(F)F. The average molecular weight is 324 g/mol. The number of fused-ring (bicyclic) bond motifs is 5. The zero-order chi connectivity index (χ0) is 16.5. The third kappa shape index (κ3) is 2.11. The fourth-order valence-corrected chi connectivity index (χ4v) is 7.97. The maximum atomic E-state index is 15.3. The molecule has 0 radical (unpaired) electrons. The molecule has 0 aromatic rings. The van der Waals surface area contributed by atoms with E-state index in [1.165, 1.54) is 38.5 Å². The third-order valence-electron chi connectivity index (χ3n) is 9.26. The number of halogens is 2. The summed E-state index contributed by atoms with van der Waals surface area (Å²) >= 11 is 0. The van der Waals surface area contributed by atoms with Crippen LogP contribution in [0.1, 0.15) is 85.0 Å². The van der Waals surface area contributed by atoms with Crippen molar-refractivity contribution in [3.05, 3.63) is 0 Å². The maximum absolute atomic E-state index is 15.3. The van der Waals surface area contributed by atoms with Gasteiger partial charge in [0, 0.05) is 12.3 Å². The lowest BCUT2D eigenvalue weighted by molar-refractivity contribution is -0.231. The summed E-state index contributed by atoms with van der Waals surface area (Å²) in [4.78, 5) is 0. The van der Waals surface area contributed by atoms with E-state index < -0.39 is 5.92 Å². The summed E-state index contributed by atoms with van der Waals surface area (Å²) in [6.07, 6.45) is 10.6. The second-order valence-electron chi connectivity index (χ2n) is 9.88. The molecule has 0 bridgehead atoms. The fraction of sp³-hybridized carbons (Fsp3) is 1.00. The van der Waals surface area contributed by atoms with E-state index in [1.54, 1.807) is 0 Å². The van der Waals surface area contributed by atoms with Crippen LogP contribution in [0.4, 0.5) is 8.78 Å². The monoisotopic (exact) mass is 324 g/mol. The van der Waals surface area contributed by atoms with Gasteiger partial charge in [-0.1, -0.05) is 40.0 Å². The molecule has 0 aromatic carbocycles. The van der Waals surface area contributed by atoms with Gasteiger partial charge < -0.3 is 0 Å². The first-order chi connectivity index (χ1) is 10.8. The average Bonchev–Trinajstić information content (AvgIpc) is 2.84. The molecular weight excluding hydrogens is 290 g/mol. The number of hydrogen-bond acceptors (Lipinski definition) is 0. The molecule has 4 fully saturated rings. The smallest absolute Gasteiger partial charge is 0.207 e. The molecule has 4 aliphatic carbocycles. The Morgan fingerprint density at radius 3 is 2.35 bits per heavy atom. The van der Waals surface area contributed by atoms with Crippen LogP contribution in [0.25, 0.3) is 0 Å². The molecule has 0 heterocycles. The van der Waals surface area contributed by atoms with Gasteiger partial charge in [-0.25, -0.2) is 8.78 Å². The minimum Gasteiger partial charge on any atom is -0.207 e. The van der Waals surface area contributed by atoms with Gasteiger partial charge in [0.2, 0.25) is 0 Å². The highest BCUT2D eigenvalue weighted by molar-refractivity contribution is 5.12. The van der Waals surface area contributed by atoms with Gasteiger partial charge in [-0.2, -0.15) is 0 Å². The maximum Gasteiger partial charge on any atom is 0.251 e. The molecule has 4 rings (SSSR count). The van der Waals surface area contributed by atoms with Crippen molar-refractivity contribution >= 4 is 0 Å². The fourth-order valence-electron chi connectivity index (χ4n) is 7.97. The zero-order valence-electron chi connectivity index (χ0n) is 15.2. The summed E-state index contributed by atoms with van der Waals surface area (Å²) in [5, 5.41) is 0. The van der Waals surface area contributed by atoms with Gasteiger partial charge in [-0.15, -0.1) is 0 Å². The number of hydrogen-bond donors (Lipinski definition) is 0. The van der Waals surface area contributed by atoms with Crippen LogP contribution in [-0.2, 0) is 0 Å². The van der Waals surface area contributed by atoms with Crippen LogP contribution < -0.4 is 0 Å². The molecule has 23 heavy (non-hydrogen) atoms. The molecule has 0 aliphatic heterocycles. The summed E-state index contributed by atoms with van der Waals surface area (Å²) in [6.45, 7) is 7.01. The van der Waals surface area contributed by atoms with Crippen LogP contribution in [0.5, 0.6) is 0 Å². The van der Waals surface area contributed by atoms with Crippen molar-refractivity contribution in [2.75, 3.05) is 0 Å². The number of rotatable bonds is 1. The van der Waals surface area contributed by atoms with Crippen molar-refractivity contribution in [1.82, 2.24) is 0 Å². The van der Waals surface area contributed by atoms with E-state index in [0.29, 0.717) is 5.92 Å². The lowest BCUT2D eigenvalue weighted by Gasteiger charge is -2.62. The Morgan fingerprint density at radius 2 is 1.61 bits per heavy atom. The molecule has 0 aromatic heterocycles. The zero-order valence-corrected chi connectivity index (χ0v) is 15.2. The summed E-state index contributed by atoms with van der Waals surface area (Å²) in [7, 11) is 0. The molecule has 132 valence electrons. The molecule has 7 atom stereocenters. The molecule has 7 unspecified atom stereocenters. The minimum atomic E-state index is -2.42. The van der Waals surface area contributed by atoms with Gasteiger partial charge >= 0.3 is 0 Å². The molecule has 0 amide bonds. The van der Waals surface area contributed by atoms with Crippen LogP contribution in [0.3, 0.4) is 0 Å². The van der Waals surface area contributed by atoms with Gasteiger partial charge in [0.25, 0.3) is 5.92 Å². The lowest BCUT2D eigenvalue weighted by Crippen LogP contribution is -2.60. The molecule has 0 nitrogen and oxygen atoms in total. The van der Waals surface area contributed by atoms with Gasteiger partial charge in [-0.3, -0.25) is 0 Å². The molecule has 2 heteroatoms. The molecule has 0 N–H and O–H groups in total. The molecule has 0 spiro atoms. The van der Waals surface area contributed by atoms with Crippen molar-refractivity contribution in [3.8, 4) is 0 Å². The van der Waals surface area contributed by atoms with Crippen molar-refractivity contribution in [2.24, 2.45) is 40.4 Å². The Morgan fingerprint density at radius 1 is 0.870 bits per heavy atom. The Bertz CT molecular complexity index is 472. The van der Waals surface area contributed by atoms with Crippen molar-refractivity contribution < 1.29 is 8.78 Å². The first-order valence-corrected chi connectivity index (χ1v) is 10.2. The second kappa shape index (κ2) is 5.18. The summed E-state index contributed by atoms with van der Waals surface area (Å²) in [6, 6.07) is 0. The predicted molar refractivity (Wildman–Crippen MR) is 90.5 cm³/mol. The molecular formula is C21H34F2. The largest absolute Gasteiger partial charge is 0.251 e. The second-order valence-corrected chi connectivity index (χ2v) is 9.88. The Balaban J connectivity index is 1.72. The topological polar surface area (TPSA) is 0 Å². The Kier molecular flexibility index (Phi) is 3.68. The van der Waals surface area contributed by atoms with Gasteiger partial charge in [0.15, 0.2) is 0 Å². The van der Waals surface area contributed by atoms with Gasteiger partial charge in [0.05, 0.1) is 0 Å². The van der Waals surface area contributed by atoms with Crippen molar-refractivity contribution in [2.45, 2.75) is 90.9 Å². The third-order valence-corrected chi connectivity index (χ3v) is 9.26. The van der Waals surface area contributed by atoms with Gasteiger partial charge in [0.1, 0.15) is 0 Å². The normalized spacial score (nSPS) is 54.9. The summed E-state index contributed by atoms with van der Waals surface area (Å²) < 4.78 is 30.6. The van der Waals surface area contributed by atoms with E-state index in [1.807, 2.05) is 0 Å². The van der Waals surface area contributed by atoms with Crippen LogP contribution in [-0.4, -0.2) is 5.92 Å². The molecule has 4 aliphatic rings. The molecule has 0 saturated heterocycles. The van der Waals surface area contributed by atoms with Crippen molar-refractivity contribution in [1.29, 1.82) is 0 Å². The highest BCUT2D eigenvalue weighted by Gasteiger charge is 2.67. The van der Waals surface area contributed by atoms with Crippen LogP contribution in [0, 0.1) is 40.4 Å². The lowest BCUT2D eigenvalue weighted by atomic mass is 9.44. The first-order valence-electron chi connectivity index (χ1n) is 10.2. The minimum absolute atomic E-state index is 0.189.